The Morgan fingerprint density at radius 2 is 1.69 bits per heavy atom. The van der Waals surface area contributed by atoms with Crippen molar-refractivity contribution in [3.8, 4) is 17.6 Å². The van der Waals surface area contributed by atoms with Gasteiger partial charge in [-0.05, 0) is 99.6 Å². The molecule has 1 atom stereocenters. The second kappa shape index (κ2) is 11.1. The van der Waals surface area contributed by atoms with Crippen molar-refractivity contribution >= 4 is 5.97 Å². The van der Waals surface area contributed by atoms with Gasteiger partial charge in [-0.3, -0.25) is 4.79 Å². The zero-order valence-corrected chi connectivity index (χ0v) is 22.3. The highest BCUT2D eigenvalue weighted by molar-refractivity contribution is 5.70. The molecule has 1 N–H and O–H groups in total. The maximum Gasteiger partial charge on any atom is 0.306 e. The van der Waals surface area contributed by atoms with E-state index in [1.54, 1.807) is 0 Å². The molecule has 36 heavy (non-hydrogen) atoms. The summed E-state index contributed by atoms with van der Waals surface area (Å²) < 4.78 is 11.5. The van der Waals surface area contributed by atoms with E-state index in [9.17, 15) is 9.90 Å². The molecule has 2 fully saturated rings. The number of aryl methyl sites for hydroxylation is 2. The average molecular weight is 489 g/mol. The average Bonchev–Trinajstić information content (AvgIpc) is 3.31. The Labute approximate surface area is 216 Å². The van der Waals surface area contributed by atoms with Crippen LogP contribution >= 0.6 is 0 Å². The summed E-state index contributed by atoms with van der Waals surface area (Å²) in [4.78, 5) is 11.6. The zero-order chi connectivity index (χ0) is 25.8. The summed E-state index contributed by atoms with van der Waals surface area (Å²) in [5, 5.41) is 10.6. The van der Waals surface area contributed by atoms with Gasteiger partial charge in [-0.2, -0.15) is 0 Å². The molecular weight excluding hydrogens is 448 g/mol. The molecule has 1 saturated heterocycles. The van der Waals surface area contributed by atoms with E-state index in [0.717, 1.165) is 73.8 Å². The predicted octanol–water partition coefficient (Wildman–Crippen LogP) is 6.54. The summed E-state index contributed by atoms with van der Waals surface area (Å²) in [6.45, 7) is 9.09. The van der Waals surface area contributed by atoms with E-state index in [2.05, 4.69) is 75.9 Å². The Hall–Kier alpha value is -2.77. The lowest BCUT2D eigenvalue weighted by molar-refractivity contribution is -0.155. The van der Waals surface area contributed by atoms with Crippen molar-refractivity contribution in [2.75, 3.05) is 6.61 Å². The minimum absolute atomic E-state index is 0.109. The highest BCUT2D eigenvalue weighted by Gasteiger charge is 2.32. The second-order valence-corrected chi connectivity index (χ2v) is 10.6. The van der Waals surface area contributed by atoms with E-state index in [1.807, 2.05) is 0 Å². The lowest BCUT2D eigenvalue weighted by Gasteiger charge is -2.34. The summed E-state index contributed by atoms with van der Waals surface area (Å²) in [5.74, 6) is 7.13. The Morgan fingerprint density at radius 1 is 1.03 bits per heavy atom. The third-order valence-corrected chi connectivity index (χ3v) is 8.20. The van der Waals surface area contributed by atoms with Crippen LogP contribution in [-0.2, 0) is 14.9 Å². The lowest BCUT2D eigenvalue weighted by Crippen LogP contribution is -2.29. The van der Waals surface area contributed by atoms with E-state index in [1.165, 1.54) is 11.1 Å². The van der Waals surface area contributed by atoms with Gasteiger partial charge in [0.15, 0.2) is 0 Å². The van der Waals surface area contributed by atoms with E-state index >= 15 is 0 Å². The number of carbonyl (C=O) groups is 1. The molecule has 1 heterocycles. The minimum atomic E-state index is -0.818. The number of ether oxygens (including phenoxy) is 2. The zero-order valence-electron chi connectivity index (χ0n) is 22.3. The number of rotatable bonds is 7. The van der Waals surface area contributed by atoms with Crippen LogP contribution < -0.4 is 4.74 Å². The molecule has 0 radical (unpaired) electrons. The van der Waals surface area contributed by atoms with Gasteiger partial charge in [0.05, 0.1) is 0 Å². The normalized spacial score (nSPS) is 19.4. The highest BCUT2D eigenvalue weighted by Crippen LogP contribution is 2.41. The van der Waals surface area contributed by atoms with E-state index in [0.29, 0.717) is 13.0 Å². The number of cyclic esters (lactones) is 1. The number of benzene rings is 2. The molecule has 2 aliphatic rings. The van der Waals surface area contributed by atoms with Gasteiger partial charge in [0.2, 0.25) is 0 Å². The lowest BCUT2D eigenvalue weighted by atomic mass is 9.70. The maximum atomic E-state index is 11.6. The van der Waals surface area contributed by atoms with Crippen molar-refractivity contribution in [1.82, 2.24) is 0 Å². The van der Waals surface area contributed by atoms with Crippen molar-refractivity contribution in [3.05, 3.63) is 64.2 Å². The van der Waals surface area contributed by atoms with Gasteiger partial charge in [0.1, 0.15) is 24.1 Å². The minimum Gasteiger partial charge on any atom is -0.489 e. The molecule has 0 bridgehead atoms. The van der Waals surface area contributed by atoms with Crippen LogP contribution in [0.15, 0.2) is 36.4 Å². The Bertz CT molecular complexity index is 1140. The standard InChI is InChI=1S/C32H40O4/c1-5-32(6-2,26-13-12-25(23(3)20-26)16-19-31(34)17-7-8-18-31)27-14-15-29(24(4)21-27)35-22-28-10-9-11-30(33)36-28/h12-15,20-21,28,34H,5-11,17-18,22H2,1-4H3/t28-/m0/s1. The van der Waals surface area contributed by atoms with E-state index in [-0.39, 0.29) is 17.5 Å². The maximum absolute atomic E-state index is 11.6. The molecule has 4 heteroatoms. The van der Waals surface area contributed by atoms with Crippen LogP contribution in [0, 0.1) is 25.7 Å². The number of hydrogen-bond acceptors (Lipinski definition) is 4. The van der Waals surface area contributed by atoms with E-state index < -0.39 is 5.60 Å². The molecule has 4 nitrogen and oxygen atoms in total. The number of aliphatic hydroxyl groups is 1. The SMILES string of the molecule is CCC(CC)(c1ccc(C#CC2(O)CCCC2)c(C)c1)c1ccc(OC[C@@H]2CCCC(=O)O2)c(C)c1. The predicted molar refractivity (Wildman–Crippen MR) is 143 cm³/mol. The van der Waals surface area contributed by atoms with Crippen LogP contribution in [0.4, 0.5) is 0 Å². The molecule has 0 aromatic heterocycles. The number of hydrogen-bond donors (Lipinski definition) is 1. The molecule has 1 saturated carbocycles. The fourth-order valence-electron chi connectivity index (χ4n) is 5.79. The van der Waals surface area contributed by atoms with Crippen LogP contribution in [0.5, 0.6) is 5.75 Å². The summed E-state index contributed by atoms with van der Waals surface area (Å²) in [6.07, 6.45) is 7.68. The first kappa shape index (κ1) is 26.3. The molecule has 0 amide bonds. The van der Waals surface area contributed by atoms with Crippen molar-refractivity contribution in [3.63, 3.8) is 0 Å². The number of esters is 1. The summed E-state index contributed by atoms with van der Waals surface area (Å²) >= 11 is 0. The third-order valence-electron chi connectivity index (χ3n) is 8.20. The molecule has 1 aliphatic heterocycles. The smallest absolute Gasteiger partial charge is 0.306 e. The first-order valence-electron chi connectivity index (χ1n) is 13.6. The van der Waals surface area contributed by atoms with Crippen molar-refractivity contribution in [1.29, 1.82) is 0 Å². The van der Waals surface area contributed by atoms with Gasteiger partial charge >= 0.3 is 5.97 Å². The van der Waals surface area contributed by atoms with Gasteiger partial charge in [0.25, 0.3) is 0 Å². The largest absolute Gasteiger partial charge is 0.489 e. The monoisotopic (exact) mass is 488 g/mol. The van der Waals surface area contributed by atoms with E-state index in [4.69, 9.17) is 9.47 Å². The van der Waals surface area contributed by atoms with Crippen LogP contribution in [0.1, 0.15) is 99.5 Å². The highest BCUT2D eigenvalue weighted by atomic mass is 16.6. The molecule has 0 spiro atoms. The Kier molecular flexibility index (Phi) is 8.10. The fourth-order valence-corrected chi connectivity index (χ4v) is 5.79. The second-order valence-electron chi connectivity index (χ2n) is 10.6. The van der Waals surface area contributed by atoms with Gasteiger partial charge < -0.3 is 14.6 Å². The molecule has 4 rings (SSSR count). The van der Waals surface area contributed by atoms with Gasteiger partial charge in [-0.15, -0.1) is 0 Å². The number of carbonyl (C=O) groups excluding carboxylic acids is 1. The summed E-state index contributed by atoms with van der Waals surface area (Å²) in [6, 6.07) is 13.1. The van der Waals surface area contributed by atoms with Crippen molar-refractivity contribution < 1.29 is 19.4 Å². The Balaban J connectivity index is 1.55. The molecule has 2 aromatic carbocycles. The Morgan fingerprint density at radius 3 is 2.31 bits per heavy atom. The molecule has 1 aliphatic carbocycles. The quantitative estimate of drug-likeness (QED) is 0.355. The van der Waals surface area contributed by atoms with Crippen LogP contribution in [0.25, 0.3) is 0 Å². The van der Waals surface area contributed by atoms with Crippen molar-refractivity contribution in [2.24, 2.45) is 0 Å². The fraction of sp³-hybridized carbons (Fsp3) is 0.531. The first-order chi connectivity index (χ1) is 17.3. The molecule has 2 aromatic rings. The molecule has 0 unspecified atom stereocenters. The first-order valence-corrected chi connectivity index (χ1v) is 13.6. The van der Waals surface area contributed by atoms with Crippen molar-refractivity contribution in [2.45, 2.75) is 103 Å². The van der Waals surface area contributed by atoms with Crippen LogP contribution in [0.3, 0.4) is 0 Å². The van der Waals surface area contributed by atoms with Crippen LogP contribution in [-0.4, -0.2) is 29.4 Å². The molecular formula is C32H40O4. The van der Waals surface area contributed by atoms with Gasteiger partial charge in [-0.25, -0.2) is 0 Å². The van der Waals surface area contributed by atoms with Gasteiger partial charge in [0, 0.05) is 17.4 Å². The summed E-state index contributed by atoms with van der Waals surface area (Å²) in [7, 11) is 0. The summed E-state index contributed by atoms with van der Waals surface area (Å²) in [5.41, 5.74) is 4.86. The molecule has 192 valence electrons. The van der Waals surface area contributed by atoms with Crippen LogP contribution in [0.2, 0.25) is 0 Å². The topological polar surface area (TPSA) is 55.8 Å². The third kappa shape index (κ3) is 5.62. The van der Waals surface area contributed by atoms with Gasteiger partial charge in [-0.1, -0.05) is 50.0 Å².